The van der Waals surface area contributed by atoms with Crippen molar-refractivity contribution in [1.29, 1.82) is 0 Å². The first-order valence-electron chi connectivity index (χ1n) is 9.03. The van der Waals surface area contributed by atoms with Gasteiger partial charge in [0.1, 0.15) is 5.82 Å². The second kappa shape index (κ2) is 7.23. The van der Waals surface area contributed by atoms with Gasteiger partial charge >= 0.3 is 0 Å². The van der Waals surface area contributed by atoms with Gasteiger partial charge in [0.2, 0.25) is 12.7 Å². The fourth-order valence-electron chi connectivity index (χ4n) is 3.65. The van der Waals surface area contributed by atoms with Crippen molar-refractivity contribution >= 4 is 11.7 Å². The number of fused-ring (bicyclic) bond motifs is 1. The molecule has 0 spiro atoms. The zero-order chi connectivity index (χ0) is 17.9. The smallest absolute Gasteiger partial charge is 0.231 e. The number of aromatic nitrogens is 1. The Hall–Kier alpha value is -2.76. The summed E-state index contributed by atoms with van der Waals surface area (Å²) < 4.78 is 10.7. The molecule has 0 radical (unpaired) electrons. The third-order valence-electron chi connectivity index (χ3n) is 5.08. The molecule has 1 atom stereocenters. The predicted octanol–water partition coefficient (Wildman–Crippen LogP) is 2.80. The van der Waals surface area contributed by atoms with Crippen LogP contribution in [0.4, 0.5) is 5.82 Å². The van der Waals surface area contributed by atoms with Crippen LogP contribution >= 0.6 is 0 Å². The van der Waals surface area contributed by atoms with Gasteiger partial charge in [-0.3, -0.25) is 4.79 Å². The number of pyridine rings is 1. The van der Waals surface area contributed by atoms with E-state index in [0.29, 0.717) is 12.3 Å². The van der Waals surface area contributed by atoms with E-state index in [9.17, 15) is 4.79 Å². The summed E-state index contributed by atoms with van der Waals surface area (Å²) in [7, 11) is 1.87. The number of anilines is 1. The fourth-order valence-corrected chi connectivity index (χ4v) is 3.65. The van der Waals surface area contributed by atoms with E-state index in [4.69, 9.17) is 9.47 Å². The number of benzene rings is 1. The van der Waals surface area contributed by atoms with Gasteiger partial charge in [0.25, 0.3) is 0 Å². The lowest BCUT2D eigenvalue weighted by Gasteiger charge is -2.33. The number of likely N-dealkylation sites (tertiary alicyclic amines) is 1. The number of nitrogens with one attached hydrogen (secondary N) is 1. The maximum absolute atomic E-state index is 12.8. The van der Waals surface area contributed by atoms with Crippen LogP contribution in [0, 0.1) is 0 Å². The Labute approximate surface area is 153 Å². The molecule has 1 fully saturated rings. The van der Waals surface area contributed by atoms with Crippen molar-refractivity contribution in [2.75, 3.05) is 32.2 Å². The van der Waals surface area contributed by atoms with Crippen LogP contribution in [0.15, 0.2) is 36.5 Å². The highest BCUT2D eigenvalue weighted by atomic mass is 16.7. The molecule has 0 unspecified atom stereocenters. The van der Waals surface area contributed by atoms with Gasteiger partial charge in [-0.1, -0.05) is 6.07 Å². The van der Waals surface area contributed by atoms with Crippen LogP contribution in [0.25, 0.3) is 0 Å². The highest BCUT2D eigenvalue weighted by Crippen LogP contribution is 2.33. The highest BCUT2D eigenvalue weighted by Gasteiger charge is 2.25. The van der Waals surface area contributed by atoms with Crippen LogP contribution in [0.1, 0.15) is 29.9 Å². The fraction of sp³-hybridized carbons (Fsp3) is 0.400. The second-order valence-corrected chi connectivity index (χ2v) is 6.77. The number of hydrogen-bond donors (Lipinski definition) is 1. The van der Waals surface area contributed by atoms with Crippen molar-refractivity contribution in [1.82, 2.24) is 9.88 Å². The molecule has 136 valence electrons. The number of ether oxygens (including phenoxy) is 2. The molecule has 0 saturated carbocycles. The molecular formula is C20H23N3O3. The van der Waals surface area contributed by atoms with Gasteiger partial charge in [0.05, 0.1) is 6.42 Å². The SMILES string of the molecule is CNc1cc([C@H]2CCCN(C(=O)Cc3ccc4c(c3)OCO4)C2)ccn1. The van der Waals surface area contributed by atoms with Crippen molar-refractivity contribution in [3.63, 3.8) is 0 Å². The van der Waals surface area contributed by atoms with E-state index in [2.05, 4.69) is 22.4 Å². The quantitative estimate of drug-likeness (QED) is 0.916. The Bertz CT molecular complexity index is 809. The summed E-state index contributed by atoms with van der Waals surface area (Å²) in [5.74, 6) is 2.86. The Kier molecular flexibility index (Phi) is 4.65. The number of hydrogen-bond acceptors (Lipinski definition) is 5. The van der Waals surface area contributed by atoms with Crippen molar-refractivity contribution < 1.29 is 14.3 Å². The second-order valence-electron chi connectivity index (χ2n) is 6.77. The molecule has 2 aliphatic heterocycles. The Morgan fingerprint density at radius 2 is 2.15 bits per heavy atom. The molecule has 1 saturated heterocycles. The summed E-state index contributed by atoms with van der Waals surface area (Å²) >= 11 is 0. The lowest BCUT2D eigenvalue weighted by molar-refractivity contribution is -0.131. The molecule has 26 heavy (non-hydrogen) atoms. The summed E-state index contributed by atoms with van der Waals surface area (Å²) in [4.78, 5) is 19.1. The lowest BCUT2D eigenvalue weighted by atomic mass is 9.91. The molecule has 0 aliphatic carbocycles. The minimum atomic E-state index is 0.163. The molecule has 6 nitrogen and oxygen atoms in total. The first kappa shape index (κ1) is 16.7. The minimum Gasteiger partial charge on any atom is -0.454 e. The van der Waals surface area contributed by atoms with E-state index < -0.39 is 0 Å². The number of rotatable bonds is 4. The number of piperidine rings is 1. The summed E-state index contributed by atoms with van der Waals surface area (Å²) in [6.07, 6.45) is 4.34. The Balaban J connectivity index is 1.43. The van der Waals surface area contributed by atoms with E-state index in [1.807, 2.05) is 36.3 Å². The number of nitrogens with zero attached hydrogens (tertiary/aromatic N) is 2. The minimum absolute atomic E-state index is 0.163. The standard InChI is InChI=1S/C20H23N3O3/c1-21-19-11-15(6-7-22-19)16-3-2-8-23(12-16)20(24)10-14-4-5-17-18(9-14)26-13-25-17/h4-7,9,11,16H,2-3,8,10,12-13H2,1H3,(H,21,22)/t16-/m0/s1. The average Bonchev–Trinajstić information content (AvgIpc) is 3.16. The molecule has 6 heteroatoms. The van der Waals surface area contributed by atoms with Gasteiger partial charge < -0.3 is 19.7 Å². The lowest BCUT2D eigenvalue weighted by Crippen LogP contribution is -2.40. The largest absolute Gasteiger partial charge is 0.454 e. The van der Waals surface area contributed by atoms with E-state index >= 15 is 0 Å². The van der Waals surface area contributed by atoms with E-state index in [0.717, 1.165) is 48.8 Å². The average molecular weight is 353 g/mol. The normalized spacial score (nSPS) is 18.7. The van der Waals surface area contributed by atoms with Crippen LogP contribution in [0.5, 0.6) is 11.5 Å². The summed E-state index contributed by atoms with van der Waals surface area (Å²) in [5.41, 5.74) is 2.20. The molecule has 0 bridgehead atoms. The number of carbonyl (C=O) groups is 1. The topological polar surface area (TPSA) is 63.7 Å². The Morgan fingerprint density at radius 1 is 1.27 bits per heavy atom. The molecule has 1 N–H and O–H groups in total. The predicted molar refractivity (Wildman–Crippen MR) is 98.6 cm³/mol. The molecule has 1 amide bonds. The molecule has 4 rings (SSSR count). The molecule has 2 aromatic rings. The van der Waals surface area contributed by atoms with Crippen LogP contribution in [-0.2, 0) is 11.2 Å². The maximum atomic E-state index is 12.8. The van der Waals surface area contributed by atoms with Crippen LogP contribution in [0.2, 0.25) is 0 Å². The third kappa shape index (κ3) is 3.45. The monoisotopic (exact) mass is 353 g/mol. The maximum Gasteiger partial charge on any atom is 0.231 e. The van der Waals surface area contributed by atoms with E-state index in [1.54, 1.807) is 0 Å². The number of amides is 1. The molecular weight excluding hydrogens is 330 g/mol. The number of carbonyl (C=O) groups excluding carboxylic acids is 1. The molecule has 2 aliphatic rings. The first-order chi connectivity index (χ1) is 12.7. The van der Waals surface area contributed by atoms with Gasteiger partial charge in [-0.05, 0) is 48.2 Å². The third-order valence-corrected chi connectivity index (χ3v) is 5.08. The summed E-state index contributed by atoms with van der Waals surface area (Å²) in [6.45, 7) is 1.83. The van der Waals surface area contributed by atoms with Crippen LogP contribution in [-0.4, -0.2) is 42.7 Å². The first-order valence-corrected chi connectivity index (χ1v) is 9.03. The van der Waals surface area contributed by atoms with Gasteiger partial charge in [-0.15, -0.1) is 0 Å². The Morgan fingerprint density at radius 3 is 3.04 bits per heavy atom. The van der Waals surface area contributed by atoms with Gasteiger partial charge in [-0.2, -0.15) is 0 Å². The zero-order valence-electron chi connectivity index (χ0n) is 14.9. The summed E-state index contributed by atoms with van der Waals surface area (Å²) in [5, 5.41) is 3.08. The van der Waals surface area contributed by atoms with Crippen LogP contribution < -0.4 is 14.8 Å². The molecule has 1 aromatic heterocycles. The van der Waals surface area contributed by atoms with Gasteiger partial charge in [-0.25, -0.2) is 4.98 Å². The molecule has 3 heterocycles. The van der Waals surface area contributed by atoms with Crippen molar-refractivity contribution in [3.8, 4) is 11.5 Å². The molecule has 1 aromatic carbocycles. The van der Waals surface area contributed by atoms with Gasteiger partial charge in [0.15, 0.2) is 11.5 Å². The van der Waals surface area contributed by atoms with E-state index in [-0.39, 0.29) is 12.7 Å². The summed E-state index contributed by atoms with van der Waals surface area (Å²) in [6, 6.07) is 9.85. The van der Waals surface area contributed by atoms with Crippen molar-refractivity contribution in [2.24, 2.45) is 0 Å². The van der Waals surface area contributed by atoms with E-state index in [1.165, 1.54) is 5.56 Å². The van der Waals surface area contributed by atoms with Crippen LogP contribution in [0.3, 0.4) is 0 Å². The van der Waals surface area contributed by atoms with Gasteiger partial charge in [0, 0.05) is 32.3 Å². The zero-order valence-corrected chi connectivity index (χ0v) is 14.9. The van der Waals surface area contributed by atoms with Crippen molar-refractivity contribution in [2.45, 2.75) is 25.2 Å². The van der Waals surface area contributed by atoms with Crippen molar-refractivity contribution in [3.05, 3.63) is 47.7 Å². The highest BCUT2D eigenvalue weighted by molar-refractivity contribution is 5.79.